The Hall–Kier alpha value is -1.82. The van der Waals surface area contributed by atoms with E-state index < -0.39 is 11.7 Å². The largest absolute Gasteiger partial charge is 0.443 e. The molecule has 1 aliphatic rings. The van der Waals surface area contributed by atoms with Crippen molar-refractivity contribution in [3.63, 3.8) is 0 Å². The minimum absolute atomic E-state index is 0.210. The molecule has 2 rings (SSSR count). The quantitative estimate of drug-likeness (QED) is 0.760. The lowest BCUT2D eigenvalue weighted by Crippen LogP contribution is -2.50. The molecule has 0 spiro atoms. The van der Waals surface area contributed by atoms with Crippen LogP contribution in [0.4, 0.5) is 14.9 Å². The van der Waals surface area contributed by atoms with Crippen LogP contribution in [0.5, 0.6) is 0 Å². The van der Waals surface area contributed by atoms with Gasteiger partial charge in [0.2, 0.25) is 0 Å². The van der Waals surface area contributed by atoms with Gasteiger partial charge in [0, 0.05) is 23.8 Å². The Balaban J connectivity index is 1.86. The number of carbonyl (C=O) groups excluding carboxylic acids is 1. The number of hydrogen-bond acceptors (Lipinski definition) is 4. The highest BCUT2D eigenvalue weighted by Crippen LogP contribution is 2.29. The van der Waals surface area contributed by atoms with Crippen LogP contribution >= 0.6 is 0 Å². The van der Waals surface area contributed by atoms with Gasteiger partial charge in [-0.15, -0.1) is 0 Å². The van der Waals surface area contributed by atoms with Gasteiger partial charge in [0.25, 0.3) is 0 Å². The molecule has 0 unspecified atom stereocenters. The molecule has 1 aromatic rings. The van der Waals surface area contributed by atoms with Crippen molar-refractivity contribution in [2.24, 2.45) is 0 Å². The summed E-state index contributed by atoms with van der Waals surface area (Å²) in [6.07, 6.45) is 3.51. The van der Waals surface area contributed by atoms with Crippen LogP contribution < -0.4 is 15.8 Å². The molecule has 0 bridgehead atoms. The third-order valence-electron chi connectivity index (χ3n) is 4.55. The van der Waals surface area contributed by atoms with Gasteiger partial charge in [-0.3, -0.25) is 5.43 Å². The average Bonchev–Trinajstić information content (AvgIpc) is 2.54. The van der Waals surface area contributed by atoms with Gasteiger partial charge in [-0.05, 0) is 84.6 Å². The Morgan fingerprint density at radius 3 is 2.23 bits per heavy atom. The van der Waals surface area contributed by atoms with Crippen molar-refractivity contribution in [2.45, 2.75) is 84.0 Å². The highest BCUT2D eigenvalue weighted by molar-refractivity contribution is 5.67. The summed E-state index contributed by atoms with van der Waals surface area (Å²) in [5.41, 5.74) is 6.29. The van der Waals surface area contributed by atoms with Crippen LogP contribution in [0.1, 0.15) is 60.3 Å². The molecular formula is C20H32FN3O2. The first-order valence-corrected chi connectivity index (χ1v) is 9.44. The maximum atomic E-state index is 13.2. The monoisotopic (exact) mass is 365 g/mol. The van der Waals surface area contributed by atoms with Gasteiger partial charge >= 0.3 is 6.09 Å². The summed E-state index contributed by atoms with van der Waals surface area (Å²) in [5.74, 6) is -0.210. The van der Waals surface area contributed by atoms with Crippen molar-refractivity contribution in [3.8, 4) is 0 Å². The Bertz CT molecular complexity index is 576. The van der Waals surface area contributed by atoms with E-state index in [9.17, 15) is 9.18 Å². The normalized spacial score (nSPS) is 20.7. The fourth-order valence-corrected chi connectivity index (χ4v) is 3.51. The fraction of sp³-hybridized carbons (Fsp3) is 0.650. The molecule has 1 aromatic carbocycles. The molecule has 0 aliphatic heterocycles. The van der Waals surface area contributed by atoms with Gasteiger partial charge in [-0.1, -0.05) is 0 Å². The second-order valence-corrected chi connectivity index (χ2v) is 8.25. The topological polar surface area (TPSA) is 53.6 Å². The van der Waals surface area contributed by atoms with E-state index >= 15 is 0 Å². The summed E-state index contributed by atoms with van der Waals surface area (Å²) in [4.78, 5) is 14.1. The van der Waals surface area contributed by atoms with E-state index in [2.05, 4.69) is 29.6 Å². The van der Waals surface area contributed by atoms with Gasteiger partial charge in [0.1, 0.15) is 11.4 Å². The van der Waals surface area contributed by atoms with Crippen LogP contribution in [-0.4, -0.2) is 29.8 Å². The summed E-state index contributed by atoms with van der Waals surface area (Å²) in [5, 5.41) is 0. The third-order valence-corrected chi connectivity index (χ3v) is 4.55. The first-order valence-electron chi connectivity index (χ1n) is 9.44. The van der Waals surface area contributed by atoms with E-state index in [1.807, 2.05) is 32.9 Å². The molecule has 1 fully saturated rings. The van der Waals surface area contributed by atoms with E-state index in [4.69, 9.17) is 4.74 Å². The molecule has 1 saturated carbocycles. The molecule has 0 aromatic heterocycles. The molecular weight excluding hydrogens is 333 g/mol. The van der Waals surface area contributed by atoms with Crippen molar-refractivity contribution in [2.75, 3.05) is 4.90 Å². The van der Waals surface area contributed by atoms with Crippen molar-refractivity contribution in [1.29, 1.82) is 0 Å². The molecule has 1 amide bonds. The van der Waals surface area contributed by atoms with Crippen LogP contribution in [0.3, 0.4) is 0 Å². The molecule has 0 heterocycles. The summed E-state index contributed by atoms with van der Waals surface area (Å²) in [6.45, 7) is 9.85. The molecule has 26 heavy (non-hydrogen) atoms. The molecule has 5 nitrogen and oxygen atoms in total. The molecule has 146 valence electrons. The van der Waals surface area contributed by atoms with Gasteiger partial charge in [-0.2, -0.15) is 0 Å². The van der Waals surface area contributed by atoms with E-state index in [1.165, 1.54) is 12.1 Å². The Morgan fingerprint density at radius 2 is 1.73 bits per heavy atom. The minimum atomic E-state index is -0.504. The highest BCUT2D eigenvalue weighted by atomic mass is 19.1. The number of nitrogens with zero attached hydrogens (tertiary/aromatic N) is 1. The molecule has 0 saturated heterocycles. The first kappa shape index (κ1) is 20.5. The number of hydrazine groups is 1. The molecule has 1 aliphatic carbocycles. The summed E-state index contributed by atoms with van der Waals surface area (Å²) in [7, 11) is 0. The summed E-state index contributed by atoms with van der Waals surface area (Å²) in [6, 6.07) is 7.73. The van der Waals surface area contributed by atoms with Crippen molar-refractivity contribution >= 4 is 11.8 Å². The molecule has 0 atom stereocenters. The minimum Gasteiger partial charge on any atom is -0.443 e. The maximum absolute atomic E-state index is 13.2. The number of amides is 1. The molecule has 6 heteroatoms. The van der Waals surface area contributed by atoms with Crippen LogP contribution in [0, 0.1) is 5.82 Å². The number of halogens is 1. The van der Waals surface area contributed by atoms with Crippen LogP contribution in [0.25, 0.3) is 0 Å². The second-order valence-electron chi connectivity index (χ2n) is 8.25. The van der Waals surface area contributed by atoms with Gasteiger partial charge in [-0.25, -0.2) is 14.6 Å². The lowest BCUT2D eigenvalue weighted by molar-refractivity contribution is 0.0481. The lowest BCUT2D eigenvalue weighted by Gasteiger charge is -2.41. The van der Waals surface area contributed by atoms with Crippen molar-refractivity contribution in [1.82, 2.24) is 10.9 Å². The van der Waals surface area contributed by atoms with E-state index in [0.29, 0.717) is 12.1 Å². The maximum Gasteiger partial charge on any atom is 0.422 e. The van der Waals surface area contributed by atoms with Gasteiger partial charge < -0.3 is 9.64 Å². The number of anilines is 1. The SMILES string of the molecule is CC(C)N(c1ccc(F)cc1)[C@H]1CC[C@@H](NNC(=O)OC(C)(C)C)CC1. The van der Waals surface area contributed by atoms with Crippen molar-refractivity contribution in [3.05, 3.63) is 30.1 Å². The number of ether oxygens (including phenoxy) is 1. The van der Waals surface area contributed by atoms with Gasteiger partial charge in [0.15, 0.2) is 0 Å². The predicted octanol–water partition coefficient (Wildman–Crippen LogP) is 4.38. The van der Waals surface area contributed by atoms with Gasteiger partial charge in [0.05, 0.1) is 0 Å². The number of hydrogen-bond donors (Lipinski definition) is 2. The standard InChI is InChI=1S/C20H32FN3O2/c1-14(2)24(17-10-6-15(21)7-11-17)18-12-8-16(9-13-18)22-23-19(25)26-20(3,4)5/h6-7,10-11,14,16,18,22H,8-9,12-13H2,1-5H3,(H,23,25)/t16-,18+. The third kappa shape index (κ3) is 6.16. The number of nitrogens with one attached hydrogen (secondary N) is 2. The Morgan fingerprint density at radius 1 is 1.15 bits per heavy atom. The summed E-state index contributed by atoms with van der Waals surface area (Å²) < 4.78 is 18.5. The summed E-state index contributed by atoms with van der Waals surface area (Å²) >= 11 is 0. The average molecular weight is 365 g/mol. The predicted molar refractivity (Wildman–Crippen MR) is 103 cm³/mol. The number of rotatable bonds is 5. The van der Waals surface area contributed by atoms with E-state index in [1.54, 1.807) is 0 Å². The number of benzene rings is 1. The lowest BCUT2D eigenvalue weighted by atomic mass is 9.89. The van der Waals surface area contributed by atoms with E-state index in [-0.39, 0.29) is 11.9 Å². The van der Waals surface area contributed by atoms with Crippen LogP contribution in [-0.2, 0) is 4.74 Å². The highest BCUT2D eigenvalue weighted by Gasteiger charge is 2.28. The number of carbonyl (C=O) groups is 1. The van der Waals surface area contributed by atoms with Crippen molar-refractivity contribution < 1.29 is 13.9 Å². The zero-order valence-electron chi connectivity index (χ0n) is 16.5. The molecule has 0 radical (unpaired) electrons. The second kappa shape index (κ2) is 8.71. The zero-order valence-corrected chi connectivity index (χ0v) is 16.5. The first-order chi connectivity index (χ1) is 12.2. The smallest absolute Gasteiger partial charge is 0.422 e. The molecule has 2 N–H and O–H groups in total. The Kier molecular flexibility index (Phi) is 6.87. The van der Waals surface area contributed by atoms with Crippen LogP contribution in [0.15, 0.2) is 24.3 Å². The van der Waals surface area contributed by atoms with Crippen LogP contribution in [0.2, 0.25) is 0 Å². The zero-order chi connectivity index (χ0) is 19.3. The Labute approximate surface area is 156 Å². The fourth-order valence-electron chi connectivity index (χ4n) is 3.51. The van der Waals surface area contributed by atoms with E-state index in [0.717, 1.165) is 31.4 Å².